The minimum Gasteiger partial charge on any atom is -0.357 e. The molecule has 1 aromatic rings. The van der Waals surface area contributed by atoms with Crippen LogP contribution in [0.5, 0.6) is 0 Å². The first kappa shape index (κ1) is 16.2. The number of hydrogen-bond acceptors (Lipinski definition) is 2. The normalized spacial score (nSPS) is 19.9. The molecule has 1 aromatic carbocycles. The molecular weight excluding hydrogens is 324 g/mol. The summed E-state index contributed by atoms with van der Waals surface area (Å²) in [5, 5.41) is 0.946. The zero-order valence-electron chi connectivity index (χ0n) is 11.1. The Morgan fingerprint density at radius 1 is 1.33 bits per heavy atom. The van der Waals surface area contributed by atoms with E-state index in [9.17, 15) is 13.2 Å². The van der Waals surface area contributed by atoms with Gasteiger partial charge in [-0.3, -0.25) is 4.99 Å². The summed E-state index contributed by atoms with van der Waals surface area (Å²) < 4.78 is 39.0. The third-order valence-electron chi connectivity index (χ3n) is 3.25. The van der Waals surface area contributed by atoms with Crippen LogP contribution in [-0.2, 0) is 6.42 Å². The van der Waals surface area contributed by atoms with Gasteiger partial charge in [0.25, 0.3) is 0 Å². The largest absolute Gasteiger partial charge is 0.413 e. The highest BCUT2D eigenvalue weighted by Gasteiger charge is 2.43. The summed E-state index contributed by atoms with van der Waals surface area (Å²) >= 11 is 11.9. The Kier molecular flexibility index (Phi) is 4.84. The molecule has 2 nitrogen and oxygen atoms in total. The fraction of sp³-hybridized carbons (Fsp3) is 0.357. The van der Waals surface area contributed by atoms with E-state index in [-0.39, 0.29) is 0 Å². The summed E-state index contributed by atoms with van der Waals surface area (Å²) in [6.45, 7) is 1.72. The van der Waals surface area contributed by atoms with E-state index in [1.807, 2.05) is 0 Å². The van der Waals surface area contributed by atoms with Gasteiger partial charge in [-0.15, -0.1) is 0 Å². The van der Waals surface area contributed by atoms with Gasteiger partial charge in [0.2, 0.25) is 0 Å². The van der Waals surface area contributed by atoms with Gasteiger partial charge in [-0.1, -0.05) is 29.3 Å². The minimum absolute atomic E-state index is 0.376. The molecule has 0 radical (unpaired) electrons. The second-order valence-electron chi connectivity index (χ2n) is 4.82. The molecule has 0 N–H and O–H groups in total. The second kappa shape index (κ2) is 6.28. The predicted octanol–water partition coefficient (Wildman–Crippen LogP) is 4.71. The van der Waals surface area contributed by atoms with E-state index in [1.165, 1.54) is 17.3 Å². The van der Waals surface area contributed by atoms with Gasteiger partial charge in [0.15, 0.2) is 6.04 Å². The molecule has 1 heterocycles. The lowest BCUT2D eigenvalue weighted by atomic mass is 10.0. The molecule has 0 bridgehead atoms. The fourth-order valence-electron chi connectivity index (χ4n) is 2.20. The summed E-state index contributed by atoms with van der Waals surface area (Å²) in [4.78, 5) is 4.82. The number of halogens is 5. The molecule has 2 atom stereocenters. The Morgan fingerprint density at radius 3 is 2.67 bits per heavy atom. The van der Waals surface area contributed by atoms with Crippen LogP contribution in [0.25, 0.3) is 0 Å². The quantitative estimate of drug-likeness (QED) is 0.780. The molecule has 7 heteroatoms. The van der Waals surface area contributed by atoms with Crippen molar-refractivity contribution in [2.45, 2.75) is 31.6 Å². The van der Waals surface area contributed by atoms with E-state index >= 15 is 0 Å². The molecule has 0 aliphatic carbocycles. The van der Waals surface area contributed by atoms with Crippen LogP contribution >= 0.6 is 23.2 Å². The van der Waals surface area contributed by atoms with Crippen molar-refractivity contribution in [2.24, 2.45) is 4.99 Å². The van der Waals surface area contributed by atoms with Crippen molar-refractivity contribution >= 4 is 29.4 Å². The number of alkyl halides is 3. The van der Waals surface area contributed by atoms with Crippen molar-refractivity contribution in [3.63, 3.8) is 0 Å². The summed E-state index contributed by atoms with van der Waals surface area (Å²) in [5.74, 6) is 0. The number of nitrogens with zero attached hydrogens (tertiary/aromatic N) is 2. The smallest absolute Gasteiger partial charge is 0.357 e. The van der Waals surface area contributed by atoms with E-state index in [0.717, 1.165) is 11.8 Å². The van der Waals surface area contributed by atoms with Crippen LogP contribution in [0.15, 0.2) is 35.6 Å². The van der Waals surface area contributed by atoms with E-state index in [2.05, 4.69) is 4.99 Å². The first-order valence-electron chi connectivity index (χ1n) is 6.27. The molecule has 2 unspecified atom stereocenters. The van der Waals surface area contributed by atoms with Crippen molar-refractivity contribution in [1.82, 2.24) is 4.90 Å². The van der Waals surface area contributed by atoms with E-state index in [4.69, 9.17) is 23.2 Å². The van der Waals surface area contributed by atoms with Gasteiger partial charge in [0.1, 0.15) is 0 Å². The van der Waals surface area contributed by atoms with Crippen molar-refractivity contribution in [1.29, 1.82) is 0 Å². The Morgan fingerprint density at radius 2 is 2.05 bits per heavy atom. The molecule has 114 valence electrons. The zero-order valence-corrected chi connectivity index (χ0v) is 12.6. The fourth-order valence-corrected chi connectivity index (χ4v) is 2.69. The van der Waals surface area contributed by atoms with Crippen LogP contribution in [0.2, 0.25) is 10.0 Å². The first-order valence-corrected chi connectivity index (χ1v) is 7.02. The zero-order chi connectivity index (χ0) is 15.6. The molecule has 0 saturated heterocycles. The lowest BCUT2D eigenvalue weighted by molar-refractivity contribution is -0.161. The molecular formula is C14H13Cl2F3N2. The highest BCUT2D eigenvalue weighted by molar-refractivity contribution is 6.35. The average Bonchev–Trinajstić information content (AvgIpc) is 2.41. The third-order valence-corrected chi connectivity index (χ3v) is 3.84. The van der Waals surface area contributed by atoms with Crippen LogP contribution in [0.4, 0.5) is 13.2 Å². The predicted molar refractivity (Wildman–Crippen MR) is 78.9 cm³/mol. The van der Waals surface area contributed by atoms with Gasteiger partial charge in [-0.2, -0.15) is 13.2 Å². The standard InChI is InChI=1S/C14H13Cl2F3N2/c1-9(6-10-2-3-11(15)7-12(10)16)21-5-4-20-8-13(21)14(17,18)19/h2-5,7-9,13H,6H2,1H3. The lowest BCUT2D eigenvalue weighted by Crippen LogP contribution is -2.49. The minimum atomic E-state index is -4.37. The van der Waals surface area contributed by atoms with Crippen molar-refractivity contribution < 1.29 is 13.2 Å². The van der Waals surface area contributed by atoms with E-state index in [1.54, 1.807) is 25.1 Å². The molecule has 1 aliphatic rings. The Balaban J connectivity index is 2.17. The number of benzene rings is 1. The molecule has 1 aliphatic heterocycles. The van der Waals surface area contributed by atoms with Crippen LogP contribution in [0.1, 0.15) is 12.5 Å². The summed E-state index contributed by atoms with van der Waals surface area (Å²) in [6.07, 6.45) is -0.387. The Bertz CT molecular complexity index is 570. The van der Waals surface area contributed by atoms with Gasteiger partial charge in [-0.25, -0.2) is 0 Å². The molecule has 0 aromatic heterocycles. The topological polar surface area (TPSA) is 15.6 Å². The molecule has 2 rings (SSSR count). The van der Waals surface area contributed by atoms with Crippen LogP contribution in [-0.4, -0.2) is 29.4 Å². The molecule has 0 amide bonds. The number of aliphatic imine (C=N–C) groups is 1. The number of rotatable bonds is 3. The monoisotopic (exact) mass is 336 g/mol. The van der Waals surface area contributed by atoms with E-state index in [0.29, 0.717) is 16.5 Å². The van der Waals surface area contributed by atoms with E-state index < -0.39 is 18.3 Å². The maximum Gasteiger partial charge on any atom is 0.413 e. The SMILES string of the molecule is CC(Cc1ccc(Cl)cc1Cl)N1C=CN=CC1C(F)(F)F. The van der Waals surface area contributed by atoms with Crippen molar-refractivity contribution in [2.75, 3.05) is 0 Å². The Hall–Kier alpha value is -1.20. The van der Waals surface area contributed by atoms with Crippen LogP contribution in [0, 0.1) is 0 Å². The van der Waals surface area contributed by atoms with Gasteiger partial charge in [-0.05, 0) is 31.0 Å². The highest BCUT2D eigenvalue weighted by atomic mass is 35.5. The second-order valence-corrected chi connectivity index (χ2v) is 5.66. The lowest BCUT2D eigenvalue weighted by Gasteiger charge is -2.36. The maximum absolute atomic E-state index is 13.0. The summed E-state index contributed by atoms with van der Waals surface area (Å²) in [6, 6.07) is 2.87. The first-order chi connectivity index (χ1) is 9.79. The molecule has 0 fully saturated rings. The van der Waals surface area contributed by atoms with Gasteiger partial charge in [0.05, 0.1) is 0 Å². The number of hydrogen-bond donors (Lipinski definition) is 0. The summed E-state index contributed by atoms with van der Waals surface area (Å²) in [7, 11) is 0. The van der Waals surface area contributed by atoms with Crippen LogP contribution in [0.3, 0.4) is 0 Å². The van der Waals surface area contributed by atoms with Gasteiger partial charge in [0, 0.05) is 34.7 Å². The van der Waals surface area contributed by atoms with Crippen molar-refractivity contribution in [3.8, 4) is 0 Å². The third kappa shape index (κ3) is 3.92. The average molecular weight is 337 g/mol. The molecule has 21 heavy (non-hydrogen) atoms. The van der Waals surface area contributed by atoms with Crippen LogP contribution < -0.4 is 0 Å². The highest BCUT2D eigenvalue weighted by Crippen LogP contribution is 2.29. The Labute approximate surface area is 130 Å². The molecule has 0 spiro atoms. The van der Waals surface area contributed by atoms with Crippen molar-refractivity contribution in [3.05, 3.63) is 46.2 Å². The maximum atomic E-state index is 13.0. The van der Waals surface area contributed by atoms with Gasteiger partial charge >= 0.3 is 6.18 Å². The van der Waals surface area contributed by atoms with Gasteiger partial charge < -0.3 is 4.90 Å². The summed E-state index contributed by atoms with van der Waals surface area (Å²) in [5.41, 5.74) is 0.755. The molecule has 0 saturated carbocycles.